The van der Waals surface area contributed by atoms with Gasteiger partial charge in [0.1, 0.15) is 17.3 Å². The lowest BCUT2D eigenvalue weighted by molar-refractivity contribution is -0.274. The molecule has 2 aliphatic rings. The van der Waals surface area contributed by atoms with Crippen LogP contribution in [0.15, 0.2) is 36.4 Å². The minimum absolute atomic E-state index is 0.0120. The molecule has 7 nitrogen and oxygen atoms in total. The van der Waals surface area contributed by atoms with Crippen LogP contribution in [-0.2, 0) is 10.0 Å². The molecule has 208 valence electrons. The minimum atomic E-state index is -4.73. The highest BCUT2D eigenvalue weighted by atomic mass is 32.2. The van der Waals surface area contributed by atoms with E-state index in [4.69, 9.17) is 4.74 Å². The van der Waals surface area contributed by atoms with E-state index in [1.165, 1.54) is 18.2 Å². The maximum absolute atomic E-state index is 14.7. The number of carbonyl (C=O) groups is 1. The van der Waals surface area contributed by atoms with Crippen LogP contribution in [0.3, 0.4) is 0 Å². The van der Waals surface area contributed by atoms with Gasteiger partial charge in [-0.2, -0.15) is 0 Å². The lowest BCUT2D eigenvalue weighted by atomic mass is 9.95. The number of hydrogen-bond donors (Lipinski definition) is 1. The molecule has 0 aromatic heterocycles. The van der Waals surface area contributed by atoms with Crippen LogP contribution < -0.4 is 14.2 Å². The van der Waals surface area contributed by atoms with Crippen molar-refractivity contribution in [3.63, 3.8) is 0 Å². The Morgan fingerprint density at radius 2 is 1.74 bits per heavy atom. The molecule has 2 fully saturated rings. The van der Waals surface area contributed by atoms with Gasteiger partial charge in [0.2, 0.25) is 10.0 Å². The molecule has 12 heteroatoms. The second-order valence-electron chi connectivity index (χ2n) is 9.93. The number of carbonyl (C=O) groups excluding carboxylic acids is 1. The fraction of sp³-hybridized carbons (Fsp3) is 0.500. The predicted molar refractivity (Wildman–Crippen MR) is 132 cm³/mol. The molecule has 4 rings (SSSR count). The molecule has 1 atom stereocenters. The second-order valence-corrected chi connectivity index (χ2v) is 11.7. The summed E-state index contributed by atoms with van der Waals surface area (Å²) in [5.74, 6) is -1.37. The maximum atomic E-state index is 14.7. The first-order valence-corrected chi connectivity index (χ1v) is 14.3. The van der Waals surface area contributed by atoms with Gasteiger partial charge >= 0.3 is 6.36 Å². The summed E-state index contributed by atoms with van der Waals surface area (Å²) in [7, 11) is -3.83. The highest BCUT2D eigenvalue weighted by Crippen LogP contribution is 2.45. The number of hydrogen-bond acceptors (Lipinski definition) is 6. The number of sulfonamides is 1. The fourth-order valence-electron chi connectivity index (χ4n) is 4.68. The van der Waals surface area contributed by atoms with Crippen LogP contribution in [0.5, 0.6) is 11.5 Å². The Morgan fingerprint density at radius 1 is 1.11 bits per heavy atom. The monoisotopic (exact) mass is 558 g/mol. The van der Waals surface area contributed by atoms with Crippen molar-refractivity contribution in [3.05, 3.63) is 58.9 Å². The predicted octanol–water partition coefficient (Wildman–Crippen LogP) is 5.14. The molecule has 0 spiro atoms. The zero-order valence-electron chi connectivity index (χ0n) is 21.1. The third-order valence-electron chi connectivity index (χ3n) is 6.91. The van der Waals surface area contributed by atoms with Crippen LogP contribution in [0.25, 0.3) is 0 Å². The first-order chi connectivity index (χ1) is 17.8. The van der Waals surface area contributed by atoms with Gasteiger partial charge in [-0.05, 0) is 86.9 Å². The van der Waals surface area contributed by atoms with E-state index in [9.17, 15) is 30.8 Å². The van der Waals surface area contributed by atoms with Crippen molar-refractivity contribution in [3.8, 4) is 11.5 Å². The molecule has 1 saturated carbocycles. The van der Waals surface area contributed by atoms with Gasteiger partial charge in [-0.15, -0.1) is 13.2 Å². The lowest BCUT2D eigenvalue weighted by Crippen LogP contribution is -2.37. The molecule has 1 aliphatic carbocycles. The van der Waals surface area contributed by atoms with E-state index in [0.29, 0.717) is 17.9 Å². The Balaban J connectivity index is 1.33. The molecule has 2 aromatic carbocycles. The highest BCUT2D eigenvalue weighted by Gasteiger charge is 2.32. The summed E-state index contributed by atoms with van der Waals surface area (Å²) >= 11 is 0. The van der Waals surface area contributed by atoms with Crippen molar-refractivity contribution in [2.75, 3.05) is 26.0 Å². The Morgan fingerprint density at radius 3 is 2.29 bits per heavy atom. The third kappa shape index (κ3) is 7.59. The number of halogens is 4. The van der Waals surface area contributed by atoms with Crippen LogP contribution in [0.4, 0.5) is 17.6 Å². The molecule has 1 heterocycles. The standard InChI is InChI=1S/C26H30F4N2O5S/c1-16(18-5-7-20(8-6-18)37-26(28,29)30)32-11-9-17(10-12-32)15-36-24-14-23(27)22(13-21(24)19-3-4-19)25(33)31-38(2,34)35/h5-8,13-14,16-17,19H,3-4,9-12,15H2,1-2H3,(H,31,33). The largest absolute Gasteiger partial charge is 0.573 e. The van der Waals surface area contributed by atoms with Crippen LogP contribution >= 0.6 is 0 Å². The van der Waals surface area contributed by atoms with Crippen molar-refractivity contribution in [1.29, 1.82) is 0 Å². The summed E-state index contributed by atoms with van der Waals surface area (Å²) in [4.78, 5) is 14.5. The quantitative estimate of drug-likeness (QED) is 0.429. The number of rotatable bonds is 9. The molecular formula is C26H30F4N2O5S. The highest BCUT2D eigenvalue weighted by molar-refractivity contribution is 7.89. The number of likely N-dealkylation sites (tertiary alicyclic amines) is 1. The van der Waals surface area contributed by atoms with Gasteiger partial charge in [-0.25, -0.2) is 17.5 Å². The molecule has 1 unspecified atom stereocenters. The molecule has 38 heavy (non-hydrogen) atoms. The number of benzene rings is 2. The van der Waals surface area contributed by atoms with Crippen molar-refractivity contribution in [2.24, 2.45) is 5.92 Å². The molecule has 2 aromatic rings. The number of piperidine rings is 1. The van der Waals surface area contributed by atoms with Gasteiger partial charge in [0.05, 0.1) is 18.4 Å². The molecule has 1 N–H and O–H groups in total. The minimum Gasteiger partial charge on any atom is -0.493 e. The summed E-state index contributed by atoms with van der Waals surface area (Å²) in [5, 5.41) is 0. The van der Waals surface area contributed by atoms with Gasteiger partial charge in [-0.1, -0.05) is 12.1 Å². The topological polar surface area (TPSA) is 84.9 Å². The molecule has 1 amide bonds. The van der Waals surface area contributed by atoms with Crippen molar-refractivity contribution in [2.45, 2.75) is 50.9 Å². The smallest absolute Gasteiger partial charge is 0.493 e. The number of amides is 1. The average molecular weight is 559 g/mol. The number of ether oxygens (including phenoxy) is 2. The first-order valence-electron chi connectivity index (χ1n) is 12.4. The Kier molecular flexibility index (Phi) is 8.22. The van der Waals surface area contributed by atoms with E-state index in [2.05, 4.69) is 9.64 Å². The Hall–Kier alpha value is -2.86. The molecule has 0 radical (unpaired) electrons. The summed E-state index contributed by atoms with van der Waals surface area (Å²) in [6, 6.07) is 8.45. The average Bonchev–Trinajstić information content (AvgIpc) is 3.66. The van der Waals surface area contributed by atoms with E-state index in [1.807, 2.05) is 6.92 Å². The Labute approximate surface area is 219 Å². The Bertz CT molecular complexity index is 1260. The number of alkyl halides is 3. The lowest BCUT2D eigenvalue weighted by Gasteiger charge is -2.36. The van der Waals surface area contributed by atoms with Crippen LogP contribution in [0.1, 0.15) is 66.1 Å². The molecule has 1 saturated heterocycles. The van der Waals surface area contributed by atoms with Gasteiger partial charge in [0.15, 0.2) is 0 Å². The first kappa shape index (κ1) is 28.2. The van der Waals surface area contributed by atoms with E-state index in [0.717, 1.165) is 56.7 Å². The van der Waals surface area contributed by atoms with Crippen molar-refractivity contribution >= 4 is 15.9 Å². The maximum Gasteiger partial charge on any atom is 0.573 e. The summed E-state index contributed by atoms with van der Waals surface area (Å²) in [6.45, 7) is 3.91. The van der Waals surface area contributed by atoms with E-state index < -0.39 is 28.1 Å². The summed E-state index contributed by atoms with van der Waals surface area (Å²) < 4.78 is 86.4. The second kappa shape index (κ2) is 11.1. The zero-order valence-corrected chi connectivity index (χ0v) is 21.9. The molecule has 0 bridgehead atoms. The normalized spacial score (nSPS) is 18.2. The van der Waals surface area contributed by atoms with Crippen molar-refractivity contribution in [1.82, 2.24) is 9.62 Å². The van der Waals surface area contributed by atoms with Gasteiger partial charge in [-0.3, -0.25) is 9.69 Å². The third-order valence-corrected chi connectivity index (χ3v) is 7.46. The zero-order chi connectivity index (χ0) is 27.7. The molecule has 1 aliphatic heterocycles. The SMILES string of the molecule is CC(c1ccc(OC(F)(F)F)cc1)N1CCC(COc2cc(F)c(C(=O)NS(C)(=O)=O)cc2C2CC2)CC1. The van der Waals surface area contributed by atoms with Crippen molar-refractivity contribution < 1.29 is 40.2 Å². The fourth-order valence-corrected chi connectivity index (χ4v) is 5.13. The van der Waals surface area contributed by atoms with E-state index in [1.54, 1.807) is 16.9 Å². The van der Waals surface area contributed by atoms with Gasteiger partial charge in [0, 0.05) is 12.1 Å². The summed E-state index contributed by atoms with van der Waals surface area (Å²) in [5.41, 5.74) is 1.26. The number of nitrogens with one attached hydrogen (secondary N) is 1. The van der Waals surface area contributed by atoms with Gasteiger partial charge < -0.3 is 9.47 Å². The van der Waals surface area contributed by atoms with Crippen LogP contribution in [-0.4, -0.2) is 51.5 Å². The molecular weight excluding hydrogens is 528 g/mol. The van der Waals surface area contributed by atoms with E-state index in [-0.39, 0.29) is 29.2 Å². The van der Waals surface area contributed by atoms with Crippen LogP contribution in [0, 0.1) is 11.7 Å². The van der Waals surface area contributed by atoms with E-state index >= 15 is 0 Å². The van der Waals surface area contributed by atoms with Gasteiger partial charge in [0.25, 0.3) is 5.91 Å². The summed E-state index contributed by atoms with van der Waals surface area (Å²) in [6.07, 6.45) is -0.469. The number of nitrogens with zero attached hydrogens (tertiary/aromatic N) is 1. The van der Waals surface area contributed by atoms with Crippen LogP contribution in [0.2, 0.25) is 0 Å².